The molecule has 2 aliphatic carbocycles. The first-order valence-corrected chi connectivity index (χ1v) is 8.72. The number of likely N-dealkylation sites (N-methyl/N-ethyl adjacent to an activating group) is 1. The molecule has 1 aromatic carbocycles. The third-order valence-corrected chi connectivity index (χ3v) is 5.42. The number of rotatable bonds is 4. The molecule has 2 atom stereocenters. The van der Waals surface area contributed by atoms with Crippen molar-refractivity contribution in [2.75, 3.05) is 6.54 Å². The van der Waals surface area contributed by atoms with E-state index < -0.39 is 0 Å². The van der Waals surface area contributed by atoms with Crippen molar-refractivity contribution in [2.45, 2.75) is 76.2 Å². The molecule has 2 aliphatic rings. The summed E-state index contributed by atoms with van der Waals surface area (Å²) in [6.45, 7) is 3.35. The maximum atomic E-state index is 3.78. The molecule has 1 aromatic rings. The zero-order chi connectivity index (χ0) is 13.8. The molecule has 0 saturated heterocycles. The Morgan fingerprint density at radius 2 is 1.65 bits per heavy atom. The maximum Gasteiger partial charge on any atom is 0.0136 e. The molecular formula is C19H29N. The van der Waals surface area contributed by atoms with Crippen LogP contribution >= 0.6 is 0 Å². The van der Waals surface area contributed by atoms with E-state index in [2.05, 4.69) is 36.5 Å². The molecule has 1 heteroatoms. The zero-order valence-electron chi connectivity index (χ0n) is 12.9. The first-order valence-electron chi connectivity index (χ1n) is 8.72. The smallest absolute Gasteiger partial charge is 0.0136 e. The largest absolute Gasteiger partial charge is 0.314 e. The van der Waals surface area contributed by atoms with Gasteiger partial charge in [-0.25, -0.2) is 0 Å². The van der Waals surface area contributed by atoms with Crippen LogP contribution in [0.15, 0.2) is 24.3 Å². The second-order valence-corrected chi connectivity index (χ2v) is 6.67. The summed E-state index contributed by atoms with van der Waals surface area (Å²) in [7, 11) is 0. The molecule has 2 fully saturated rings. The number of hydrogen-bond donors (Lipinski definition) is 1. The van der Waals surface area contributed by atoms with Crippen molar-refractivity contribution in [3.63, 3.8) is 0 Å². The van der Waals surface area contributed by atoms with Crippen LogP contribution in [-0.4, -0.2) is 12.6 Å². The molecule has 0 heterocycles. The standard InChI is InChI=1S/C19H29N/c1-2-20-19-14-5-3-4-13-18(19)17-12-7-6-11-16(17)15-9-8-10-15/h6-7,11-12,15,18-20H,2-5,8-10,13-14H2,1H3. The van der Waals surface area contributed by atoms with Gasteiger partial charge in [-0.1, -0.05) is 56.9 Å². The minimum atomic E-state index is 0.698. The average Bonchev–Trinajstić information content (AvgIpc) is 2.64. The SMILES string of the molecule is CCNC1CCCCCC1c1ccccc1C1CCC1. The van der Waals surface area contributed by atoms with Crippen LogP contribution in [0.4, 0.5) is 0 Å². The van der Waals surface area contributed by atoms with E-state index in [1.807, 2.05) is 0 Å². The van der Waals surface area contributed by atoms with Gasteiger partial charge in [-0.05, 0) is 55.2 Å². The van der Waals surface area contributed by atoms with Crippen LogP contribution in [0.25, 0.3) is 0 Å². The summed E-state index contributed by atoms with van der Waals surface area (Å²) in [6.07, 6.45) is 11.2. The van der Waals surface area contributed by atoms with Gasteiger partial charge in [0.05, 0.1) is 0 Å². The van der Waals surface area contributed by atoms with Crippen LogP contribution in [0.5, 0.6) is 0 Å². The van der Waals surface area contributed by atoms with E-state index in [9.17, 15) is 0 Å². The molecule has 1 N–H and O–H groups in total. The Hall–Kier alpha value is -0.820. The molecule has 0 aliphatic heterocycles. The van der Waals surface area contributed by atoms with Gasteiger partial charge < -0.3 is 5.32 Å². The van der Waals surface area contributed by atoms with E-state index in [-0.39, 0.29) is 0 Å². The van der Waals surface area contributed by atoms with Gasteiger partial charge in [0.2, 0.25) is 0 Å². The van der Waals surface area contributed by atoms with Gasteiger partial charge in [-0.2, -0.15) is 0 Å². The summed E-state index contributed by atoms with van der Waals surface area (Å²) in [5.41, 5.74) is 3.35. The second-order valence-electron chi connectivity index (χ2n) is 6.67. The first-order chi connectivity index (χ1) is 9.90. The maximum absolute atomic E-state index is 3.78. The van der Waals surface area contributed by atoms with E-state index in [0.29, 0.717) is 6.04 Å². The summed E-state index contributed by atoms with van der Waals surface area (Å²) >= 11 is 0. The molecule has 3 rings (SSSR count). The van der Waals surface area contributed by atoms with Crippen LogP contribution < -0.4 is 5.32 Å². The highest BCUT2D eigenvalue weighted by molar-refractivity contribution is 5.35. The summed E-state index contributed by atoms with van der Waals surface area (Å²) in [5.74, 6) is 1.60. The Morgan fingerprint density at radius 1 is 0.900 bits per heavy atom. The van der Waals surface area contributed by atoms with Gasteiger partial charge in [0.15, 0.2) is 0 Å². The molecule has 2 saturated carbocycles. The van der Waals surface area contributed by atoms with Crippen molar-refractivity contribution < 1.29 is 0 Å². The number of nitrogens with one attached hydrogen (secondary N) is 1. The van der Waals surface area contributed by atoms with Crippen LogP contribution in [0.3, 0.4) is 0 Å². The average molecular weight is 271 g/mol. The fraction of sp³-hybridized carbons (Fsp3) is 0.684. The molecule has 0 amide bonds. The van der Waals surface area contributed by atoms with Crippen molar-refractivity contribution in [2.24, 2.45) is 0 Å². The fourth-order valence-corrected chi connectivity index (χ4v) is 4.13. The van der Waals surface area contributed by atoms with Gasteiger partial charge in [-0.15, -0.1) is 0 Å². The summed E-state index contributed by atoms with van der Waals surface area (Å²) in [5, 5.41) is 3.78. The minimum Gasteiger partial charge on any atom is -0.314 e. The van der Waals surface area contributed by atoms with Crippen molar-refractivity contribution >= 4 is 0 Å². The predicted octanol–water partition coefficient (Wildman–Crippen LogP) is 4.98. The minimum absolute atomic E-state index is 0.698. The highest BCUT2D eigenvalue weighted by atomic mass is 14.9. The van der Waals surface area contributed by atoms with Gasteiger partial charge in [0.1, 0.15) is 0 Å². The molecule has 110 valence electrons. The molecule has 20 heavy (non-hydrogen) atoms. The highest BCUT2D eigenvalue weighted by Crippen LogP contribution is 2.42. The lowest BCUT2D eigenvalue weighted by Gasteiger charge is -2.33. The quantitative estimate of drug-likeness (QED) is 0.762. The molecule has 0 aromatic heterocycles. The first kappa shape index (κ1) is 14.1. The van der Waals surface area contributed by atoms with Crippen LogP contribution in [0.1, 0.15) is 81.3 Å². The Kier molecular flexibility index (Phi) is 4.77. The zero-order valence-corrected chi connectivity index (χ0v) is 12.9. The van der Waals surface area contributed by atoms with E-state index in [0.717, 1.165) is 18.4 Å². The molecule has 0 radical (unpaired) electrons. The van der Waals surface area contributed by atoms with Crippen LogP contribution in [-0.2, 0) is 0 Å². The summed E-state index contributed by atoms with van der Waals surface area (Å²) < 4.78 is 0. The summed E-state index contributed by atoms with van der Waals surface area (Å²) in [4.78, 5) is 0. The van der Waals surface area contributed by atoms with E-state index in [4.69, 9.17) is 0 Å². The van der Waals surface area contributed by atoms with E-state index in [1.54, 1.807) is 11.1 Å². The topological polar surface area (TPSA) is 12.0 Å². The highest BCUT2D eigenvalue weighted by Gasteiger charge is 2.29. The monoisotopic (exact) mass is 271 g/mol. The van der Waals surface area contributed by atoms with Crippen molar-refractivity contribution in [1.29, 1.82) is 0 Å². The van der Waals surface area contributed by atoms with Gasteiger partial charge in [0, 0.05) is 6.04 Å². The van der Waals surface area contributed by atoms with Crippen LogP contribution in [0, 0.1) is 0 Å². The van der Waals surface area contributed by atoms with E-state index >= 15 is 0 Å². The second kappa shape index (κ2) is 6.76. The molecular weight excluding hydrogens is 242 g/mol. The number of benzene rings is 1. The lowest BCUT2D eigenvalue weighted by atomic mass is 9.74. The summed E-state index contributed by atoms with van der Waals surface area (Å²) in [6, 6.07) is 10.0. The Morgan fingerprint density at radius 3 is 2.35 bits per heavy atom. The lowest BCUT2D eigenvalue weighted by Crippen LogP contribution is -2.34. The Labute approximate surface area is 124 Å². The van der Waals surface area contributed by atoms with E-state index in [1.165, 1.54) is 51.4 Å². The molecule has 2 unspecified atom stereocenters. The van der Waals surface area contributed by atoms with Crippen molar-refractivity contribution in [1.82, 2.24) is 5.32 Å². The van der Waals surface area contributed by atoms with Crippen molar-refractivity contribution in [3.05, 3.63) is 35.4 Å². The normalized spacial score (nSPS) is 27.9. The van der Waals surface area contributed by atoms with Gasteiger partial charge in [0.25, 0.3) is 0 Å². The molecule has 0 spiro atoms. The number of hydrogen-bond acceptors (Lipinski definition) is 1. The predicted molar refractivity (Wildman–Crippen MR) is 86.3 cm³/mol. The molecule has 1 nitrogen and oxygen atoms in total. The Balaban J connectivity index is 1.88. The van der Waals surface area contributed by atoms with Gasteiger partial charge in [-0.3, -0.25) is 0 Å². The fourth-order valence-electron chi connectivity index (χ4n) is 4.13. The lowest BCUT2D eigenvalue weighted by molar-refractivity contribution is 0.393. The Bertz CT molecular complexity index is 422. The van der Waals surface area contributed by atoms with Crippen LogP contribution in [0.2, 0.25) is 0 Å². The molecule has 0 bridgehead atoms. The third kappa shape index (κ3) is 2.93. The third-order valence-electron chi connectivity index (χ3n) is 5.42. The van der Waals surface area contributed by atoms with Gasteiger partial charge >= 0.3 is 0 Å². The van der Waals surface area contributed by atoms with Crippen molar-refractivity contribution in [3.8, 4) is 0 Å².